The number of hydrogen-bond acceptors (Lipinski definition) is 3. The first-order valence-corrected chi connectivity index (χ1v) is 12.0. The van der Waals surface area contributed by atoms with Crippen molar-refractivity contribution in [2.24, 2.45) is 22.7 Å². The van der Waals surface area contributed by atoms with E-state index in [1.807, 2.05) is 19.9 Å². The molecule has 2 saturated carbocycles. The van der Waals surface area contributed by atoms with Crippen LogP contribution in [-0.4, -0.2) is 33.1 Å². The summed E-state index contributed by atoms with van der Waals surface area (Å²) >= 11 is 0. The third-order valence-corrected chi connectivity index (χ3v) is 8.77. The lowest BCUT2D eigenvalue weighted by Gasteiger charge is -2.45. The summed E-state index contributed by atoms with van der Waals surface area (Å²) < 4.78 is 0. The third kappa shape index (κ3) is 5.54. The molecule has 0 unspecified atom stereocenters. The van der Waals surface area contributed by atoms with Crippen LogP contribution in [-0.2, 0) is 0 Å². The Morgan fingerprint density at radius 1 is 1.23 bits per heavy atom. The Morgan fingerprint density at radius 3 is 2.48 bits per heavy atom. The number of aliphatic hydroxyl groups is 3. The molecule has 0 aromatic heterocycles. The van der Waals surface area contributed by atoms with Crippen molar-refractivity contribution in [3.8, 4) is 11.8 Å². The van der Waals surface area contributed by atoms with Crippen molar-refractivity contribution in [3.63, 3.8) is 0 Å². The highest BCUT2D eigenvalue weighted by Gasteiger charge is 2.52. The van der Waals surface area contributed by atoms with Gasteiger partial charge in [0.05, 0.1) is 12.2 Å². The Labute approximate surface area is 190 Å². The lowest BCUT2D eigenvalue weighted by atomic mass is 9.59. The minimum atomic E-state index is -0.852. The van der Waals surface area contributed by atoms with Gasteiger partial charge in [0.2, 0.25) is 0 Å². The van der Waals surface area contributed by atoms with Crippen molar-refractivity contribution >= 4 is 0 Å². The molecule has 2 rings (SSSR count). The lowest BCUT2D eigenvalue weighted by Crippen LogP contribution is -2.38. The van der Waals surface area contributed by atoms with Gasteiger partial charge in [-0.1, -0.05) is 78.2 Å². The molecular formula is C28H44O3. The first-order valence-electron chi connectivity index (χ1n) is 12.0. The molecule has 0 bridgehead atoms. The van der Waals surface area contributed by atoms with Crippen molar-refractivity contribution in [2.45, 2.75) is 104 Å². The van der Waals surface area contributed by atoms with E-state index in [2.05, 4.69) is 58.3 Å². The number of rotatable bonds is 6. The third-order valence-electron chi connectivity index (χ3n) is 8.77. The molecule has 0 spiro atoms. The molecule has 174 valence electrons. The topological polar surface area (TPSA) is 60.7 Å². The fourth-order valence-electron chi connectivity index (χ4n) is 5.36. The summed E-state index contributed by atoms with van der Waals surface area (Å²) in [6, 6.07) is 0. The molecule has 0 radical (unpaired) electrons. The summed E-state index contributed by atoms with van der Waals surface area (Å²) in [6.45, 7) is 17.4. The van der Waals surface area contributed by atoms with Crippen LogP contribution in [0.1, 0.15) is 86.5 Å². The van der Waals surface area contributed by atoms with Crippen LogP contribution in [0.2, 0.25) is 0 Å². The summed E-state index contributed by atoms with van der Waals surface area (Å²) in [6.07, 6.45) is 10.6. The highest BCUT2D eigenvalue weighted by Crippen LogP contribution is 2.60. The zero-order chi connectivity index (χ0) is 23.4. The van der Waals surface area contributed by atoms with Crippen molar-refractivity contribution in [1.82, 2.24) is 0 Å². The average molecular weight is 429 g/mol. The summed E-state index contributed by atoms with van der Waals surface area (Å²) in [4.78, 5) is 0. The maximum atomic E-state index is 10.4. The molecular weight excluding hydrogens is 384 g/mol. The highest BCUT2D eigenvalue weighted by molar-refractivity contribution is 5.37. The quantitative estimate of drug-likeness (QED) is 0.485. The number of aliphatic hydroxyl groups excluding tert-OH is 2. The molecule has 2 aliphatic carbocycles. The van der Waals surface area contributed by atoms with Crippen molar-refractivity contribution in [2.75, 3.05) is 0 Å². The number of allylic oxidation sites excluding steroid dienone is 3. The fourth-order valence-corrected chi connectivity index (χ4v) is 5.36. The van der Waals surface area contributed by atoms with E-state index in [1.165, 1.54) is 0 Å². The second kappa shape index (κ2) is 10.1. The van der Waals surface area contributed by atoms with Crippen LogP contribution in [0.25, 0.3) is 0 Å². The van der Waals surface area contributed by atoms with Gasteiger partial charge in [-0.15, -0.1) is 0 Å². The summed E-state index contributed by atoms with van der Waals surface area (Å²) in [5.41, 5.74) is 1.12. The van der Waals surface area contributed by atoms with Crippen LogP contribution in [0.15, 0.2) is 36.0 Å². The first-order chi connectivity index (χ1) is 14.4. The van der Waals surface area contributed by atoms with Crippen LogP contribution in [0.3, 0.4) is 0 Å². The minimum absolute atomic E-state index is 0.123. The monoisotopic (exact) mass is 428 g/mol. The molecule has 2 aliphatic rings. The van der Waals surface area contributed by atoms with Gasteiger partial charge in [0.1, 0.15) is 5.60 Å². The molecule has 0 aliphatic heterocycles. The van der Waals surface area contributed by atoms with Crippen molar-refractivity contribution < 1.29 is 15.3 Å². The Kier molecular flexibility index (Phi) is 8.42. The standard InChI is InChI=1S/C28H44O3/c1-8-28(31,9-2)16-11-12-20(3)27(7)17-15-23(26(27,5)6)14-10-13-22-18-24(29)19-25(30)21(22)4/h10,13-14,20,23-25,29-31H,4,8-9,12,15,17-19H2,1-3,5-7H3/b14-10+,22-13-/t20-,23+,24+,25-,27+/m0/s1. The summed E-state index contributed by atoms with van der Waals surface area (Å²) in [7, 11) is 0. The Bertz CT molecular complexity index is 759. The fraction of sp³-hybridized carbons (Fsp3) is 0.714. The van der Waals surface area contributed by atoms with Crippen molar-refractivity contribution in [3.05, 3.63) is 36.0 Å². The normalized spacial score (nSPS) is 33.5. The van der Waals surface area contributed by atoms with E-state index in [9.17, 15) is 15.3 Å². The van der Waals surface area contributed by atoms with Crippen LogP contribution < -0.4 is 0 Å². The summed E-state index contributed by atoms with van der Waals surface area (Å²) in [5.74, 6) is 7.32. The Balaban J connectivity index is 2.10. The predicted octanol–water partition coefficient (Wildman–Crippen LogP) is 5.56. The van der Waals surface area contributed by atoms with E-state index in [0.717, 1.165) is 30.4 Å². The average Bonchev–Trinajstić information content (AvgIpc) is 2.95. The van der Waals surface area contributed by atoms with E-state index in [-0.39, 0.29) is 10.8 Å². The first kappa shape index (κ1) is 25.9. The summed E-state index contributed by atoms with van der Waals surface area (Å²) in [5, 5.41) is 30.4. The van der Waals surface area contributed by atoms with Gasteiger partial charge in [-0.05, 0) is 65.9 Å². The molecule has 3 heteroatoms. The maximum absolute atomic E-state index is 10.4. The number of hydrogen-bond donors (Lipinski definition) is 3. The van der Waals surface area contributed by atoms with Gasteiger partial charge in [0.25, 0.3) is 0 Å². The van der Waals surface area contributed by atoms with Crippen LogP contribution in [0.4, 0.5) is 0 Å². The zero-order valence-corrected chi connectivity index (χ0v) is 20.5. The van der Waals surface area contributed by atoms with Gasteiger partial charge >= 0.3 is 0 Å². The highest BCUT2D eigenvalue weighted by atomic mass is 16.3. The molecule has 0 saturated heterocycles. The zero-order valence-electron chi connectivity index (χ0n) is 20.5. The van der Waals surface area contributed by atoms with E-state index in [1.54, 1.807) is 0 Å². The van der Waals surface area contributed by atoms with E-state index in [4.69, 9.17) is 0 Å². The van der Waals surface area contributed by atoms with Gasteiger partial charge in [0.15, 0.2) is 0 Å². The maximum Gasteiger partial charge on any atom is 0.125 e. The van der Waals surface area contributed by atoms with Gasteiger partial charge in [0, 0.05) is 12.8 Å². The second-order valence-corrected chi connectivity index (χ2v) is 10.6. The van der Waals surface area contributed by atoms with Gasteiger partial charge < -0.3 is 15.3 Å². The van der Waals surface area contributed by atoms with Gasteiger partial charge in [-0.3, -0.25) is 0 Å². The molecule has 0 heterocycles. The van der Waals surface area contributed by atoms with E-state index >= 15 is 0 Å². The van der Waals surface area contributed by atoms with E-state index < -0.39 is 17.8 Å². The minimum Gasteiger partial charge on any atom is -0.393 e. The van der Waals surface area contributed by atoms with Crippen LogP contribution >= 0.6 is 0 Å². The van der Waals surface area contributed by atoms with Gasteiger partial charge in [-0.25, -0.2) is 0 Å². The molecule has 3 N–H and O–H groups in total. The molecule has 0 aromatic rings. The Morgan fingerprint density at radius 2 is 1.87 bits per heavy atom. The smallest absolute Gasteiger partial charge is 0.125 e. The van der Waals surface area contributed by atoms with Gasteiger partial charge in [-0.2, -0.15) is 0 Å². The SMILES string of the molecule is C=C1/C(=C\C=C\[C@@H]2CC[C@](C)([C@@H](C)CC#CC(O)(CC)CC)C2(C)C)C[C@@H](O)C[C@@H]1O. The second-order valence-electron chi connectivity index (χ2n) is 10.6. The largest absolute Gasteiger partial charge is 0.393 e. The molecule has 0 amide bonds. The molecule has 3 nitrogen and oxygen atoms in total. The van der Waals surface area contributed by atoms with Crippen LogP contribution in [0.5, 0.6) is 0 Å². The molecule has 2 fully saturated rings. The molecule has 31 heavy (non-hydrogen) atoms. The molecule has 0 aromatic carbocycles. The van der Waals surface area contributed by atoms with E-state index in [0.29, 0.717) is 37.5 Å². The predicted molar refractivity (Wildman–Crippen MR) is 129 cm³/mol. The van der Waals surface area contributed by atoms with Crippen LogP contribution in [0, 0.1) is 34.5 Å². The Hall–Kier alpha value is -1.34. The van der Waals surface area contributed by atoms with Crippen molar-refractivity contribution in [1.29, 1.82) is 0 Å². The lowest BCUT2D eigenvalue weighted by molar-refractivity contribution is 0.0475. The molecule has 5 atom stereocenters.